The van der Waals surface area contributed by atoms with Crippen molar-refractivity contribution in [1.29, 1.82) is 0 Å². The van der Waals surface area contributed by atoms with Crippen molar-refractivity contribution in [3.8, 4) is 5.75 Å². The van der Waals surface area contributed by atoms with Crippen LogP contribution >= 0.6 is 22.6 Å². The summed E-state index contributed by atoms with van der Waals surface area (Å²) in [6.07, 6.45) is 3.25. The Balaban J connectivity index is 1.65. The lowest BCUT2D eigenvalue weighted by atomic mass is 10.1. The van der Waals surface area contributed by atoms with E-state index >= 15 is 0 Å². The van der Waals surface area contributed by atoms with E-state index in [1.165, 1.54) is 0 Å². The van der Waals surface area contributed by atoms with E-state index in [2.05, 4.69) is 22.6 Å². The van der Waals surface area contributed by atoms with Crippen molar-refractivity contribution in [2.24, 2.45) is 0 Å². The zero-order valence-corrected chi connectivity index (χ0v) is 12.8. The van der Waals surface area contributed by atoms with E-state index in [0.29, 0.717) is 12.4 Å². The van der Waals surface area contributed by atoms with Gasteiger partial charge >= 0.3 is 5.97 Å². The van der Waals surface area contributed by atoms with Gasteiger partial charge in [-0.2, -0.15) is 0 Å². The quantitative estimate of drug-likeness (QED) is 0.586. The molecule has 4 nitrogen and oxygen atoms in total. The van der Waals surface area contributed by atoms with Crippen LogP contribution in [-0.4, -0.2) is 31.9 Å². The van der Waals surface area contributed by atoms with Crippen LogP contribution in [0.2, 0.25) is 0 Å². The van der Waals surface area contributed by atoms with E-state index in [1.807, 2.05) is 24.3 Å². The Morgan fingerprint density at radius 1 is 1.32 bits per heavy atom. The lowest BCUT2D eigenvalue weighted by molar-refractivity contribution is -0.151. The summed E-state index contributed by atoms with van der Waals surface area (Å²) in [5.74, 6) is 0.319. The molecule has 1 aromatic carbocycles. The molecule has 19 heavy (non-hydrogen) atoms. The van der Waals surface area contributed by atoms with E-state index in [-0.39, 0.29) is 18.7 Å². The number of carbonyl (C=O) groups is 1. The molecule has 0 radical (unpaired) electrons. The molecule has 1 heterocycles. The fourth-order valence-electron chi connectivity index (χ4n) is 1.84. The normalized spacial score (nSPS) is 18.9. The van der Waals surface area contributed by atoms with Crippen molar-refractivity contribution < 1.29 is 19.0 Å². The summed E-state index contributed by atoms with van der Waals surface area (Å²) in [5, 5.41) is 0. The third kappa shape index (κ3) is 5.36. The van der Waals surface area contributed by atoms with Gasteiger partial charge in [0.2, 0.25) is 0 Å². The van der Waals surface area contributed by atoms with E-state index in [0.717, 1.165) is 29.4 Å². The largest absolute Gasteiger partial charge is 0.482 e. The van der Waals surface area contributed by atoms with Crippen molar-refractivity contribution >= 4 is 28.6 Å². The van der Waals surface area contributed by atoms with Gasteiger partial charge in [-0.3, -0.25) is 0 Å². The van der Waals surface area contributed by atoms with Gasteiger partial charge in [0.1, 0.15) is 12.4 Å². The Kier molecular flexibility index (Phi) is 5.91. The Morgan fingerprint density at radius 3 is 2.79 bits per heavy atom. The van der Waals surface area contributed by atoms with Crippen molar-refractivity contribution in [3.63, 3.8) is 0 Å². The highest BCUT2D eigenvalue weighted by Crippen LogP contribution is 2.14. The minimum absolute atomic E-state index is 0.0519. The molecule has 0 N–H and O–H groups in total. The maximum atomic E-state index is 11.5. The summed E-state index contributed by atoms with van der Waals surface area (Å²) in [7, 11) is 0. The van der Waals surface area contributed by atoms with Crippen molar-refractivity contribution in [2.45, 2.75) is 25.4 Å². The van der Waals surface area contributed by atoms with Gasteiger partial charge in [-0.15, -0.1) is 0 Å². The van der Waals surface area contributed by atoms with E-state index in [9.17, 15) is 4.79 Å². The second-order valence-electron chi connectivity index (χ2n) is 4.41. The molecule has 1 aliphatic heterocycles. The summed E-state index contributed by atoms with van der Waals surface area (Å²) in [6, 6.07) is 7.52. The molecule has 1 fully saturated rings. The third-order valence-electron chi connectivity index (χ3n) is 2.87. The van der Waals surface area contributed by atoms with Crippen molar-refractivity contribution in [3.05, 3.63) is 27.8 Å². The van der Waals surface area contributed by atoms with Crippen molar-refractivity contribution in [2.75, 3.05) is 19.8 Å². The molecular formula is C14H17IO4. The molecule has 104 valence electrons. The summed E-state index contributed by atoms with van der Waals surface area (Å²) >= 11 is 2.22. The molecule has 0 aliphatic carbocycles. The molecule has 1 saturated heterocycles. The number of ether oxygens (including phenoxy) is 3. The number of esters is 1. The minimum Gasteiger partial charge on any atom is -0.482 e. The maximum Gasteiger partial charge on any atom is 0.344 e. The lowest BCUT2D eigenvalue weighted by Crippen LogP contribution is -2.27. The SMILES string of the molecule is O=C(COc1ccc(I)cc1)OCC1CCCCO1. The summed E-state index contributed by atoms with van der Waals surface area (Å²) in [5.41, 5.74) is 0. The molecule has 1 unspecified atom stereocenters. The Morgan fingerprint density at radius 2 is 2.11 bits per heavy atom. The first-order chi connectivity index (χ1) is 9.24. The fraction of sp³-hybridized carbons (Fsp3) is 0.500. The molecular weight excluding hydrogens is 359 g/mol. The van der Waals surface area contributed by atoms with Crippen LogP contribution in [0.25, 0.3) is 0 Å². The monoisotopic (exact) mass is 376 g/mol. The van der Waals surface area contributed by atoms with Gasteiger partial charge in [0.25, 0.3) is 0 Å². The standard InChI is InChI=1S/C14H17IO4/c15-11-4-6-12(7-5-11)18-10-14(16)19-9-13-3-1-2-8-17-13/h4-7,13H,1-3,8-10H2. The maximum absolute atomic E-state index is 11.5. The van der Waals surface area contributed by atoms with Crippen LogP contribution in [0.1, 0.15) is 19.3 Å². The molecule has 0 saturated carbocycles. The Hall–Kier alpha value is -0.820. The highest BCUT2D eigenvalue weighted by atomic mass is 127. The topological polar surface area (TPSA) is 44.8 Å². The van der Waals surface area contributed by atoms with Gasteiger partial charge in [0.05, 0.1) is 6.10 Å². The second kappa shape index (κ2) is 7.69. The molecule has 1 atom stereocenters. The second-order valence-corrected chi connectivity index (χ2v) is 5.66. The van der Waals surface area contributed by atoms with Crippen molar-refractivity contribution in [1.82, 2.24) is 0 Å². The van der Waals surface area contributed by atoms with Gasteiger partial charge in [0.15, 0.2) is 6.61 Å². The van der Waals surface area contributed by atoms with Crippen LogP contribution in [0.3, 0.4) is 0 Å². The number of benzene rings is 1. The molecule has 0 spiro atoms. The first-order valence-electron chi connectivity index (χ1n) is 6.39. The third-order valence-corrected chi connectivity index (χ3v) is 3.59. The fourth-order valence-corrected chi connectivity index (χ4v) is 2.20. The van der Waals surface area contributed by atoms with Gasteiger partial charge in [-0.25, -0.2) is 4.79 Å². The predicted octanol–water partition coefficient (Wildman–Crippen LogP) is 2.78. The summed E-state index contributed by atoms with van der Waals surface area (Å²) in [4.78, 5) is 11.5. The predicted molar refractivity (Wildman–Crippen MR) is 79.2 cm³/mol. The van der Waals surface area contributed by atoms with E-state index in [4.69, 9.17) is 14.2 Å². The summed E-state index contributed by atoms with van der Waals surface area (Å²) in [6.45, 7) is 1.03. The average molecular weight is 376 g/mol. The van der Waals surface area contributed by atoms with E-state index < -0.39 is 0 Å². The molecule has 1 aliphatic rings. The van der Waals surface area contributed by atoms with E-state index in [1.54, 1.807) is 0 Å². The number of carbonyl (C=O) groups excluding carboxylic acids is 1. The molecule has 5 heteroatoms. The lowest BCUT2D eigenvalue weighted by Gasteiger charge is -2.22. The minimum atomic E-state index is -0.354. The van der Waals surface area contributed by atoms with Gasteiger partial charge in [-0.05, 0) is 66.1 Å². The zero-order chi connectivity index (χ0) is 13.5. The summed E-state index contributed by atoms with van der Waals surface area (Å²) < 4.78 is 17.1. The van der Waals surface area contributed by atoms with Crippen LogP contribution in [0.5, 0.6) is 5.75 Å². The zero-order valence-electron chi connectivity index (χ0n) is 10.6. The Bertz CT molecular complexity index is 398. The van der Waals surface area contributed by atoms with Gasteiger partial charge in [-0.1, -0.05) is 0 Å². The Labute approximate surface area is 126 Å². The van der Waals surface area contributed by atoms with Crippen LogP contribution < -0.4 is 4.74 Å². The average Bonchev–Trinajstić information content (AvgIpc) is 2.45. The number of rotatable bonds is 5. The van der Waals surface area contributed by atoms with Gasteiger partial charge in [0, 0.05) is 10.2 Å². The first kappa shape index (κ1) is 14.6. The number of hydrogen-bond donors (Lipinski definition) is 0. The molecule has 0 amide bonds. The molecule has 0 aromatic heterocycles. The smallest absolute Gasteiger partial charge is 0.344 e. The van der Waals surface area contributed by atoms with Crippen LogP contribution in [0, 0.1) is 3.57 Å². The van der Waals surface area contributed by atoms with Crippen LogP contribution in [0.4, 0.5) is 0 Å². The number of halogens is 1. The van der Waals surface area contributed by atoms with Crippen LogP contribution in [-0.2, 0) is 14.3 Å². The van der Waals surface area contributed by atoms with Gasteiger partial charge < -0.3 is 14.2 Å². The molecule has 2 rings (SSSR count). The molecule has 0 bridgehead atoms. The highest BCUT2D eigenvalue weighted by molar-refractivity contribution is 14.1. The number of hydrogen-bond acceptors (Lipinski definition) is 4. The highest BCUT2D eigenvalue weighted by Gasteiger charge is 2.16. The first-order valence-corrected chi connectivity index (χ1v) is 7.47. The van der Waals surface area contributed by atoms with Crippen LogP contribution in [0.15, 0.2) is 24.3 Å². The molecule has 1 aromatic rings.